The van der Waals surface area contributed by atoms with Crippen molar-refractivity contribution in [3.8, 4) is 0 Å². The Morgan fingerprint density at radius 1 is 0.789 bits per heavy atom. The SMILES string of the molecule is NC(=O)CCC(N)C(=O)NC(Cc1c[nH]c2ccccc12)C(=O)NC(Cc1c[nH]c2ccccc12)C(=O)O. The van der Waals surface area contributed by atoms with Crippen LogP contribution in [0.15, 0.2) is 60.9 Å². The minimum Gasteiger partial charge on any atom is -0.480 e. The van der Waals surface area contributed by atoms with Crippen LogP contribution >= 0.6 is 0 Å². The quantitative estimate of drug-likeness (QED) is 0.146. The number of aromatic nitrogens is 2. The number of hydrogen-bond acceptors (Lipinski definition) is 5. The molecule has 198 valence electrons. The molecule has 2 heterocycles. The molecule has 3 unspecified atom stereocenters. The Balaban J connectivity index is 1.55. The molecule has 0 aliphatic rings. The summed E-state index contributed by atoms with van der Waals surface area (Å²) in [6.07, 6.45) is 3.52. The maximum Gasteiger partial charge on any atom is 0.326 e. The lowest BCUT2D eigenvalue weighted by molar-refractivity contribution is -0.142. The van der Waals surface area contributed by atoms with Crippen LogP contribution in [0.25, 0.3) is 21.8 Å². The van der Waals surface area contributed by atoms with E-state index in [1.165, 1.54) is 0 Å². The van der Waals surface area contributed by atoms with E-state index < -0.39 is 41.8 Å². The van der Waals surface area contributed by atoms with E-state index in [4.69, 9.17) is 11.5 Å². The number of aromatic amines is 2. The number of nitrogens with two attached hydrogens (primary N) is 2. The Morgan fingerprint density at radius 3 is 1.82 bits per heavy atom. The number of carbonyl (C=O) groups excluding carboxylic acids is 3. The molecule has 11 heteroatoms. The Morgan fingerprint density at radius 2 is 1.29 bits per heavy atom. The van der Waals surface area contributed by atoms with Crippen LogP contribution in [0.2, 0.25) is 0 Å². The zero-order valence-corrected chi connectivity index (χ0v) is 20.6. The Labute approximate surface area is 218 Å². The molecule has 0 spiro atoms. The molecule has 9 N–H and O–H groups in total. The number of H-pyrrole nitrogens is 2. The fraction of sp³-hybridized carbons (Fsp3) is 0.259. The number of nitrogens with one attached hydrogen (secondary N) is 4. The van der Waals surface area contributed by atoms with Crippen molar-refractivity contribution < 1.29 is 24.3 Å². The van der Waals surface area contributed by atoms with Gasteiger partial charge in [-0.15, -0.1) is 0 Å². The van der Waals surface area contributed by atoms with Crippen LogP contribution in [-0.4, -0.2) is 56.9 Å². The van der Waals surface area contributed by atoms with Gasteiger partial charge in [0.25, 0.3) is 0 Å². The summed E-state index contributed by atoms with van der Waals surface area (Å²) in [6.45, 7) is 0. The summed E-state index contributed by atoms with van der Waals surface area (Å²) < 4.78 is 0. The minimum atomic E-state index is -1.24. The number of amides is 3. The van der Waals surface area contributed by atoms with Crippen LogP contribution in [0, 0.1) is 0 Å². The summed E-state index contributed by atoms with van der Waals surface area (Å²) in [5, 5.41) is 16.8. The predicted molar refractivity (Wildman–Crippen MR) is 142 cm³/mol. The van der Waals surface area contributed by atoms with Gasteiger partial charge in [0, 0.05) is 53.5 Å². The second kappa shape index (κ2) is 11.6. The average molecular weight is 519 g/mol. The molecule has 2 aromatic heterocycles. The molecule has 11 nitrogen and oxygen atoms in total. The van der Waals surface area contributed by atoms with E-state index in [0.29, 0.717) is 0 Å². The van der Waals surface area contributed by atoms with Crippen molar-refractivity contribution in [3.63, 3.8) is 0 Å². The normalized spacial score (nSPS) is 13.6. The number of fused-ring (bicyclic) bond motifs is 2. The van der Waals surface area contributed by atoms with Gasteiger partial charge in [0.2, 0.25) is 17.7 Å². The first-order valence-electron chi connectivity index (χ1n) is 12.2. The molecular formula is C27H30N6O5. The average Bonchev–Trinajstić information content (AvgIpc) is 3.50. The van der Waals surface area contributed by atoms with Crippen molar-refractivity contribution in [3.05, 3.63) is 72.1 Å². The number of carbonyl (C=O) groups is 4. The monoisotopic (exact) mass is 518 g/mol. The molecule has 0 fully saturated rings. The molecule has 4 aromatic rings. The molecule has 0 bridgehead atoms. The highest BCUT2D eigenvalue weighted by molar-refractivity contribution is 5.93. The fourth-order valence-electron chi connectivity index (χ4n) is 4.43. The van der Waals surface area contributed by atoms with E-state index in [0.717, 1.165) is 32.9 Å². The first-order chi connectivity index (χ1) is 18.2. The summed E-state index contributed by atoms with van der Waals surface area (Å²) in [7, 11) is 0. The number of carboxylic acid groups (broad SMARTS) is 1. The highest BCUT2D eigenvalue weighted by atomic mass is 16.4. The summed E-state index contributed by atoms with van der Waals surface area (Å²) in [4.78, 5) is 55.6. The molecule has 2 aromatic carbocycles. The number of para-hydroxylation sites is 2. The van der Waals surface area contributed by atoms with Crippen LogP contribution in [0.3, 0.4) is 0 Å². The topological polar surface area (TPSA) is 196 Å². The third-order valence-corrected chi connectivity index (χ3v) is 6.48. The van der Waals surface area contributed by atoms with E-state index in [-0.39, 0.29) is 25.7 Å². The Hall–Kier alpha value is -4.64. The van der Waals surface area contributed by atoms with Gasteiger partial charge in [-0.3, -0.25) is 14.4 Å². The molecule has 0 aliphatic carbocycles. The van der Waals surface area contributed by atoms with Gasteiger partial charge < -0.3 is 37.2 Å². The van der Waals surface area contributed by atoms with Gasteiger partial charge >= 0.3 is 5.97 Å². The lowest BCUT2D eigenvalue weighted by Gasteiger charge is -2.23. The summed E-state index contributed by atoms with van der Waals surface area (Å²) in [5.74, 6) is -3.12. The van der Waals surface area contributed by atoms with Crippen molar-refractivity contribution in [2.75, 3.05) is 0 Å². The Bertz CT molecular complexity index is 1470. The zero-order chi connectivity index (χ0) is 27.2. The fourth-order valence-corrected chi connectivity index (χ4v) is 4.43. The molecule has 38 heavy (non-hydrogen) atoms. The van der Waals surface area contributed by atoms with Gasteiger partial charge in [-0.05, 0) is 29.7 Å². The van der Waals surface area contributed by atoms with Gasteiger partial charge in [0.15, 0.2) is 0 Å². The van der Waals surface area contributed by atoms with Crippen molar-refractivity contribution in [1.82, 2.24) is 20.6 Å². The third-order valence-electron chi connectivity index (χ3n) is 6.48. The van der Waals surface area contributed by atoms with Crippen LogP contribution < -0.4 is 22.1 Å². The number of rotatable bonds is 12. The largest absolute Gasteiger partial charge is 0.480 e. The number of primary amides is 1. The van der Waals surface area contributed by atoms with Crippen molar-refractivity contribution >= 4 is 45.5 Å². The smallest absolute Gasteiger partial charge is 0.326 e. The zero-order valence-electron chi connectivity index (χ0n) is 20.6. The van der Waals surface area contributed by atoms with Gasteiger partial charge in [0.1, 0.15) is 12.1 Å². The molecule has 0 saturated carbocycles. The second-order valence-corrected chi connectivity index (χ2v) is 9.20. The van der Waals surface area contributed by atoms with Gasteiger partial charge in [0.05, 0.1) is 6.04 Å². The maximum atomic E-state index is 13.4. The van der Waals surface area contributed by atoms with Gasteiger partial charge in [-0.2, -0.15) is 0 Å². The molecule has 0 saturated heterocycles. The predicted octanol–water partition coefficient (Wildman–Crippen LogP) is 1.08. The highest BCUT2D eigenvalue weighted by Gasteiger charge is 2.29. The van der Waals surface area contributed by atoms with E-state index in [1.807, 2.05) is 48.5 Å². The third kappa shape index (κ3) is 6.19. The van der Waals surface area contributed by atoms with Gasteiger partial charge in [-0.25, -0.2) is 4.79 Å². The van der Waals surface area contributed by atoms with E-state index in [2.05, 4.69) is 20.6 Å². The lowest BCUT2D eigenvalue weighted by atomic mass is 10.0. The van der Waals surface area contributed by atoms with E-state index in [9.17, 15) is 24.3 Å². The van der Waals surface area contributed by atoms with Crippen molar-refractivity contribution in [2.24, 2.45) is 11.5 Å². The number of aliphatic carboxylic acids is 1. The molecular weight excluding hydrogens is 488 g/mol. The van der Waals surface area contributed by atoms with E-state index in [1.54, 1.807) is 12.4 Å². The first kappa shape index (κ1) is 26.4. The summed E-state index contributed by atoms with van der Waals surface area (Å²) >= 11 is 0. The Kier molecular flexibility index (Phi) is 8.07. The second-order valence-electron chi connectivity index (χ2n) is 9.20. The minimum absolute atomic E-state index is 0.0148. The number of hydrogen-bond donors (Lipinski definition) is 7. The number of carboxylic acids is 1. The summed E-state index contributed by atoms with van der Waals surface area (Å²) in [6, 6.07) is 11.5. The van der Waals surface area contributed by atoms with Crippen LogP contribution in [0.4, 0.5) is 0 Å². The van der Waals surface area contributed by atoms with Gasteiger partial charge in [-0.1, -0.05) is 36.4 Å². The molecule has 0 aliphatic heterocycles. The highest BCUT2D eigenvalue weighted by Crippen LogP contribution is 2.21. The van der Waals surface area contributed by atoms with Crippen LogP contribution in [0.5, 0.6) is 0 Å². The lowest BCUT2D eigenvalue weighted by Crippen LogP contribution is -2.55. The standard InChI is InChI=1S/C27H30N6O5/c28-19(9-10-24(29)34)25(35)32-22(11-15-13-30-20-7-3-1-5-17(15)20)26(36)33-23(27(37)38)12-16-14-31-21-8-4-2-6-18(16)21/h1-8,13-14,19,22-23,30-31H,9-12,28H2,(H2,29,34)(H,32,35)(H,33,36)(H,37,38). The molecule has 4 rings (SSSR count). The molecule has 3 amide bonds. The summed E-state index contributed by atoms with van der Waals surface area (Å²) in [5.41, 5.74) is 14.3. The number of benzene rings is 2. The molecule has 0 radical (unpaired) electrons. The first-order valence-corrected chi connectivity index (χ1v) is 12.2. The van der Waals surface area contributed by atoms with Crippen molar-refractivity contribution in [1.29, 1.82) is 0 Å². The van der Waals surface area contributed by atoms with Crippen molar-refractivity contribution in [2.45, 2.75) is 43.8 Å². The van der Waals surface area contributed by atoms with Crippen LogP contribution in [-0.2, 0) is 32.0 Å². The van der Waals surface area contributed by atoms with Crippen LogP contribution in [0.1, 0.15) is 24.0 Å². The maximum absolute atomic E-state index is 13.4. The molecule has 3 atom stereocenters. The van der Waals surface area contributed by atoms with E-state index >= 15 is 0 Å².